The van der Waals surface area contributed by atoms with Crippen molar-refractivity contribution in [1.29, 1.82) is 0 Å². The Bertz CT molecular complexity index is 1300. The number of nitrogens with zero attached hydrogens (tertiary/aromatic N) is 2. The van der Waals surface area contributed by atoms with E-state index in [-0.39, 0.29) is 18.2 Å². The Morgan fingerprint density at radius 2 is 1.87 bits per heavy atom. The highest BCUT2D eigenvalue weighted by Crippen LogP contribution is 2.20. The first-order chi connectivity index (χ1) is 14.9. The maximum absolute atomic E-state index is 13.2. The van der Waals surface area contributed by atoms with Crippen molar-refractivity contribution in [1.82, 2.24) is 14.8 Å². The number of hydrogen-bond acceptors (Lipinski definition) is 4. The van der Waals surface area contributed by atoms with Crippen molar-refractivity contribution in [3.05, 3.63) is 89.1 Å². The molecule has 0 unspecified atom stereocenters. The molecule has 0 radical (unpaired) electrons. The Balaban J connectivity index is 1.43. The van der Waals surface area contributed by atoms with Gasteiger partial charge in [-0.15, -0.1) is 0 Å². The van der Waals surface area contributed by atoms with Gasteiger partial charge in [0.1, 0.15) is 5.82 Å². The molecule has 0 saturated carbocycles. The van der Waals surface area contributed by atoms with E-state index in [0.29, 0.717) is 16.9 Å². The number of esters is 1. The molecule has 0 spiro atoms. The summed E-state index contributed by atoms with van der Waals surface area (Å²) in [6.07, 6.45) is 4.50. The van der Waals surface area contributed by atoms with Crippen LogP contribution in [-0.2, 0) is 9.53 Å². The molecule has 0 fully saturated rings. The van der Waals surface area contributed by atoms with E-state index >= 15 is 0 Å². The molecule has 6 nitrogen and oxygen atoms in total. The van der Waals surface area contributed by atoms with Gasteiger partial charge in [-0.2, -0.15) is 5.10 Å². The molecule has 0 atom stereocenters. The van der Waals surface area contributed by atoms with E-state index in [4.69, 9.17) is 4.74 Å². The van der Waals surface area contributed by atoms with E-state index in [1.807, 2.05) is 38.1 Å². The number of benzene rings is 2. The Labute approximate surface area is 178 Å². The number of aromatic nitrogens is 3. The molecule has 7 heteroatoms. The molecule has 2 heterocycles. The van der Waals surface area contributed by atoms with Crippen molar-refractivity contribution < 1.29 is 18.7 Å². The largest absolute Gasteiger partial charge is 0.454 e. The van der Waals surface area contributed by atoms with Gasteiger partial charge < -0.3 is 9.72 Å². The second-order valence-corrected chi connectivity index (χ2v) is 7.08. The van der Waals surface area contributed by atoms with Gasteiger partial charge in [0.05, 0.1) is 11.4 Å². The fourth-order valence-corrected chi connectivity index (χ4v) is 3.45. The number of fused-ring (bicyclic) bond motifs is 1. The zero-order valence-electron chi connectivity index (χ0n) is 17.1. The van der Waals surface area contributed by atoms with Crippen LogP contribution in [0.4, 0.5) is 4.39 Å². The average Bonchev–Trinajstić information content (AvgIpc) is 3.32. The van der Waals surface area contributed by atoms with Gasteiger partial charge in [0.2, 0.25) is 5.78 Å². The van der Waals surface area contributed by atoms with E-state index in [0.717, 1.165) is 22.2 Å². The fraction of sp³-hybridized carbons (Fsp3) is 0.125. The molecule has 0 bridgehead atoms. The number of ketones is 1. The molecular weight excluding hydrogens is 397 g/mol. The standard InChI is InChI=1S/C24H20FN3O3/c1-15-19(16(2)28(27-15)18-9-7-17(25)8-10-18)11-12-24(30)31-14-23(29)21-13-26-22-6-4-3-5-20(21)22/h3-13,26H,14H2,1-2H3/b12-11+. The van der Waals surface area contributed by atoms with Gasteiger partial charge in [-0.1, -0.05) is 18.2 Å². The molecule has 0 aliphatic rings. The number of aryl methyl sites for hydroxylation is 1. The third kappa shape index (κ3) is 4.16. The summed E-state index contributed by atoms with van der Waals surface area (Å²) in [4.78, 5) is 27.6. The van der Waals surface area contributed by atoms with Crippen LogP contribution in [0.25, 0.3) is 22.7 Å². The summed E-state index contributed by atoms with van der Waals surface area (Å²) in [5.41, 5.74) is 4.31. The zero-order valence-corrected chi connectivity index (χ0v) is 17.1. The van der Waals surface area contributed by atoms with Crippen LogP contribution >= 0.6 is 0 Å². The number of halogens is 1. The lowest BCUT2D eigenvalue weighted by atomic mass is 10.1. The van der Waals surface area contributed by atoms with Crippen molar-refractivity contribution in [2.45, 2.75) is 13.8 Å². The summed E-state index contributed by atoms with van der Waals surface area (Å²) >= 11 is 0. The molecule has 4 rings (SSSR count). The molecule has 156 valence electrons. The van der Waals surface area contributed by atoms with E-state index in [1.54, 1.807) is 29.1 Å². The number of rotatable bonds is 6. The van der Waals surface area contributed by atoms with Crippen molar-refractivity contribution in [2.24, 2.45) is 0 Å². The van der Waals surface area contributed by atoms with Gasteiger partial charge in [-0.05, 0) is 50.3 Å². The van der Waals surface area contributed by atoms with Crippen molar-refractivity contribution >= 4 is 28.7 Å². The van der Waals surface area contributed by atoms with Crippen LogP contribution < -0.4 is 0 Å². The number of H-pyrrole nitrogens is 1. The summed E-state index contributed by atoms with van der Waals surface area (Å²) < 4.78 is 20.0. The average molecular weight is 417 g/mol. The normalized spacial score (nSPS) is 11.3. The highest BCUT2D eigenvalue weighted by Gasteiger charge is 2.14. The second-order valence-electron chi connectivity index (χ2n) is 7.08. The first-order valence-corrected chi connectivity index (χ1v) is 9.70. The number of para-hydroxylation sites is 1. The number of Topliss-reactive ketones (excluding diaryl/α,β-unsaturated/α-hetero) is 1. The van der Waals surface area contributed by atoms with E-state index in [2.05, 4.69) is 10.1 Å². The lowest BCUT2D eigenvalue weighted by molar-refractivity contribution is -0.136. The number of nitrogens with one attached hydrogen (secondary N) is 1. The first-order valence-electron chi connectivity index (χ1n) is 9.70. The van der Waals surface area contributed by atoms with Crippen LogP contribution in [0.1, 0.15) is 27.3 Å². The number of carbonyl (C=O) groups excluding carboxylic acids is 2. The predicted molar refractivity (Wildman–Crippen MR) is 116 cm³/mol. The molecule has 0 saturated heterocycles. The Kier molecular flexibility index (Phi) is 5.49. The van der Waals surface area contributed by atoms with Gasteiger partial charge in [0.25, 0.3) is 0 Å². The molecule has 0 aliphatic heterocycles. The Morgan fingerprint density at radius 3 is 2.65 bits per heavy atom. The van der Waals surface area contributed by atoms with E-state index < -0.39 is 5.97 Å². The van der Waals surface area contributed by atoms with Crippen LogP contribution in [0, 0.1) is 19.7 Å². The van der Waals surface area contributed by atoms with Gasteiger partial charge in [-0.3, -0.25) is 4.79 Å². The van der Waals surface area contributed by atoms with Gasteiger partial charge in [0.15, 0.2) is 6.61 Å². The highest BCUT2D eigenvalue weighted by molar-refractivity contribution is 6.09. The fourth-order valence-electron chi connectivity index (χ4n) is 3.45. The molecular formula is C24H20FN3O3. The predicted octanol–water partition coefficient (Wildman–Crippen LogP) is 4.55. The van der Waals surface area contributed by atoms with Gasteiger partial charge in [-0.25, -0.2) is 13.9 Å². The zero-order chi connectivity index (χ0) is 22.0. The number of aromatic amines is 1. The minimum Gasteiger partial charge on any atom is -0.454 e. The summed E-state index contributed by atoms with van der Waals surface area (Å²) in [6, 6.07) is 13.4. The van der Waals surface area contributed by atoms with E-state index in [1.165, 1.54) is 18.2 Å². The smallest absolute Gasteiger partial charge is 0.331 e. The Morgan fingerprint density at radius 1 is 1.13 bits per heavy atom. The third-order valence-electron chi connectivity index (χ3n) is 5.04. The van der Waals surface area contributed by atoms with Crippen molar-refractivity contribution in [3.63, 3.8) is 0 Å². The first kappa shape index (κ1) is 20.3. The highest BCUT2D eigenvalue weighted by atomic mass is 19.1. The maximum atomic E-state index is 13.2. The van der Waals surface area contributed by atoms with Crippen LogP contribution in [0.3, 0.4) is 0 Å². The topological polar surface area (TPSA) is 77.0 Å². The second kappa shape index (κ2) is 8.39. The van der Waals surface area contributed by atoms with Crippen molar-refractivity contribution in [3.8, 4) is 5.69 Å². The summed E-state index contributed by atoms with van der Waals surface area (Å²) in [6.45, 7) is 3.32. The molecule has 0 amide bonds. The maximum Gasteiger partial charge on any atom is 0.331 e. The summed E-state index contributed by atoms with van der Waals surface area (Å²) in [5, 5.41) is 5.25. The molecule has 4 aromatic rings. The number of hydrogen-bond donors (Lipinski definition) is 1. The number of ether oxygens (including phenoxy) is 1. The lowest BCUT2D eigenvalue weighted by Gasteiger charge is -2.04. The summed E-state index contributed by atoms with van der Waals surface area (Å²) in [7, 11) is 0. The third-order valence-corrected chi connectivity index (χ3v) is 5.04. The van der Waals surface area contributed by atoms with Gasteiger partial charge in [0, 0.05) is 40.0 Å². The van der Waals surface area contributed by atoms with Crippen LogP contribution in [0.5, 0.6) is 0 Å². The van der Waals surface area contributed by atoms with Gasteiger partial charge >= 0.3 is 5.97 Å². The molecule has 1 N–H and O–H groups in total. The monoisotopic (exact) mass is 417 g/mol. The van der Waals surface area contributed by atoms with Crippen LogP contribution in [0.2, 0.25) is 0 Å². The molecule has 2 aromatic heterocycles. The molecule has 0 aliphatic carbocycles. The SMILES string of the molecule is Cc1nn(-c2ccc(F)cc2)c(C)c1/C=C/C(=O)OCC(=O)c1c[nH]c2ccccc12. The summed E-state index contributed by atoms with van der Waals surface area (Å²) in [5.74, 6) is -1.23. The minimum atomic E-state index is -0.624. The van der Waals surface area contributed by atoms with Crippen LogP contribution in [0.15, 0.2) is 60.8 Å². The minimum absolute atomic E-state index is 0.282. The van der Waals surface area contributed by atoms with E-state index in [9.17, 15) is 14.0 Å². The lowest BCUT2D eigenvalue weighted by Crippen LogP contribution is -2.12. The Hall–Kier alpha value is -4.00. The quantitative estimate of drug-likeness (QED) is 0.284. The molecule has 2 aromatic carbocycles. The van der Waals surface area contributed by atoms with Crippen molar-refractivity contribution in [2.75, 3.05) is 6.61 Å². The molecule has 31 heavy (non-hydrogen) atoms. The number of carbonyl (C=O) groups is 2. The van der Waals surface area contributed by atoms with Crippen LogP contribution in [-0.4, -0.2) is 33.1 Å².